The van der Waals surface area contributed by atoms with Crippen molar-refractivity contribution in [1.82, 2.24) is 14.9 Å². The Bertz CT molecular complexity index is 1500. The fraction of sp³-hybridized carbons (Fsp3) is 0.241. The lowest BCUT2D eigenvalue weighted by atomic mass is 10.0. The predicted molar refractivity (Wildman–Crippen MR) is 140 cm³/mol. The Hall–Kier alpha value is -3.70. The minimum absolute atomic E-state index is 0.265. The van der Waals surface area contributed by atoms with E-state index in [4.69, 9.17) is 10.7 Å². The number of hydrogen-bond acceptors (Lipinski definition) is 3. The van der Waals surface area contributed by atoms with Crippen LogP contribution in [-0.4, -0.2) is 21.5 Å². The lowest BCUT2D eigenvalue weighted by molar-refractivity contribution is 0.0999. The van der Waals surface area contributed by atoms with Crippen molar-refractivity contribution in [1.29, 1.82) is 0 Å². The number of rotatable bonds is 8. The van der Waals surface area contributed by atoms with E-state index >= 15 is 0 Å². The number of carbonyl (C=O) groups excluding carboxylic acids is 1. The minimum atomic E-state index is -0.423. The van der Waals surface area contributed by atoms with Gasteiger partial charge in [-0.05, 0) is 62.6 Å². The summed E-state index contributed by atoms with van der Waals surface area (Å²) >= 11 is 0. The molecule has 0 aliphatic heterocycles. The Morgan fingerprint density at radius 3 is 2.59 bits per heavy atom. The molecule has 0 spiro atoms. The molecule has 5 rings (SSSR count). The topological polar surface area (TPSA) is 72.9 Å². The summed E-state index contributed by atoms with van der Waals surface area (Å²) in [5.41, 5.74) is 11.7. The zero-order valence-corrected chi connectivity index (χ0v) is 19.7. The van der Waals surface area contributed by atoms with Crippen molar-refractivity contribution in [3.05, 3.63) is 89.6 Å². The first kappa shape index (κ1) is 22.1. The number of aromatic nitrogens is 2. The van der Waals surface area contributed by atoms with E-state index in [1.165, 1.54) is 27.4 Å². The molecular formula is C29H30N4O. The van der Waals surface area contributed by atoms with Crippen LogP contribution < -0.4 is 11.1 Å². The number of amides is 1. The lowest BCUT2D eigenvalue weighted by Crippen LogP contribution is -2.26. The van der Waals surface area contributed by atoms with E-state index in [0.717, 1.165) is 36.1 Å². The lowest BCUT2D eigenvalue weighted by Gasteiger charge is -2.15. The van der Waals surface area contributed by atoms with Gasteiger partial charge in [0.25, 0.3) is 5.91 Å². The highest BCUT2D eigenvalue weighted by atomic mass is 16.1. The first-order chi connectivity index (χ1) is 16.5. The maximum absolute atomic E-state index is 12.0. The molecule has 3 N–H and O–H groups in total. The van der Waals surface area contributed by atoms with E-state index in [1.807, 2.05) is 30.3 Å². The summed E-state index contributed by atoms with van der Waals surface area (Å²) < 4.78 is 2.37. The summed E-state index contributed by atoms with van der Waals surface area (Å²) in [6.45, 7) is 6.11. The number of hydrogen-bond donors (Lipinski definition) is 2. The zero-order valence-electron chi connectivity index (χ0n) is 19.7. The Balaban J connectivity index is 1.30. The van der Waals surface area contributed by atoms with Crippen molar-refractivity contribution in [2.45, 2.75) is 45.8 Å². The second-order valence-corrected chi connectivity index (χ2v) is 8.97. The number of primary amides is 1. The molecule has 0 saturated heterocycles. The number of nitrogens with two attached hydrogens (primary N) is 1. The predicted octanol–water partition coefficient (Wildman–Crippen LogP) is 5.57. The molecule has 5 nitrogen and oxygen atoms in total. The molecule has 0 bridgehead atoms. The zero-order chi connectivity index (χ0) is 23.7. The first-order valence-corrected chi connectivity index (χ1v) is 12.0. The molecule has 1 amide bonds. The van der Waals surface area contributed by atoms with Crippen LogP contribution in [0.25, 0.3) is 32.7 Å². The van der Waals surface area contributed by atoms with Crippen molar-refractivity contribution < 1.29 is 4.79 Å². The van der Waals surface area contributed by atoms with Crippen LogP contribution in [0.15, 0.2) is 72.8 Å². The van der Waals surface area contributed by atoms with Gasteiger partial charge < -0.3 is 15.6 Å². The van der Waals surface area contributed by atoms with Gasteiger partial charge in [0, 0.05) is 46.3 Å². The number of nitrogens with zero attached hydrogens (tertiary/aromatic N) is 2. The number of pyridine rings is 1. The van der Waals surface area contributed by atoms with Gasteiger partial charge >= 0.3 is 0 Å². The Morgan fingerprint density at radius 1 is 1.00 bits per heavy atom. The molecule has 34 heavy (non-hydrogen) atoms. The number of nitrogens with one attached hydrogen (secondary N) is 1. The summed E-state index contributed by atoms with van der Waals surface area (Å²) in [5, 5.41) is 7.18. The average Bonchev–Trinajstić information content (AvgIpc) is 3.18. The highest BCUT2D eigenvalue weighted by Gasteiger charge is 2.14. The Kier molecular flexibility index (Phi) is 6.03. The van der Waals surface area contributed by atoms with Crippen molar-refractivity contribution in [3.8, 4) is 0 Å². The fourth-order valence-corrected chi connectivity index (χ4v) is 4.86. The quantitative estimate of drug-likeness (QED) is 0.324. The van der Waals surface area contributed by atoms with Gasteiger partial charge in [-0.3, -0.25) is 9.78 Å². The maximum atomic E-state index is 12.0. The summed E-state index contributed by atoms with van der Waals surface area (Å²) in [7, 11) is 0. The largest absolute Gasteiger partial charge is 0.366 e. The normalized spacial score (nSPS) is 12.5. The molecule has 3 aromatic carbocycles. The van der Waals surface area contributed by atoms with E-state index in [0.29, 0.717) is 12.0 Å². The molecule has 5 aromatic rings. The van der Waals surface area contributed by atoms with E-state index in [9.17, 15) is 4.79 Å². The molecule has 0 aliphatic rings. The van der Waals surface area contributed by atoms with Gasteiger partial charge in [-0.2, -0.15) is 0 Å². The van der Waals surface area contributed by atoms with Gasteiger partial charge in [0.15, 0.2) is 0 Å². The summed E-state index contributed by atoms with van der Waals surface area (Å²) in [5.74, 6) is -0.423. The van der Waals surface area contributed by atoms with Crippen molar-refractivity contribution >= 4 is 38.6 Å². The van der Waals surface area contributed by atoms with Crippen LogP contribution in [0.1, 0.15) is 41.9 Å². The maximum Gasteiger partial charge on any atom is 0.250 e. The van der Waals surface area contributed by atoms with Crippen molar-refractivity contribution in [2.75, 3.05) is 0 Å². The summed E-state index contributed by atoms with van der Waals surface area (Å²) in [4.78, 5) is 16.7. The third kappa shape index (κ3) is 4.15. The molecule has 1 atom stereocenters. The van der Waals surface area contributed by atoms with Crippen LogP contribution in [0.4, 0.5) is 0 Å². The summed E-state index contributed by atoms with van der Waals surface area (Å²) in [6, 6.07) is 25.3. The Labute approximate surface area is 199 Å². The monoisotopic (exact) mass is 450 g/mol. The molecule has 2 aromatic heterocycles. The molecule has 1 unspecified atom stereocenters. The van der Waals surface area contributed by atoms with Crippen LogP contribution in [0, 0.1) is 0 Å². The molecule has 172 valence electrons. The number of carbonyl (C=O) groups is 1. The summed E-state index contributed by atoms with van der Waals surface area (Å²) in [6.07, 6.45) is 1.56. The smallest absolute Gasteiger partial charge is 0.250 e. The van der Waals surface area contributed by atoms with E-state index in [2.05, 4.69) is 66.2 Å². The van der Waals surface area contributed by atoms with Crippen LogP contribution in [0.5, 0.6) is 0 Å². The second-order valence-electron chi connectivity index (χ2n) is 8.97. The van der Waals surface area contributed by atoms with Crippen LogP contribution in [-0.2, 0) is 19.5 Å². The van der Waals surface area contributed by atoms with Crippen molar-refractivity contribution in [2.24, 2.45) is 5.73 Å². The molecule has 0 saturated carbocycles. The van der Waals surface area contributed by atoms with Gasteiger partial charge in [0.05, 0.1) is 16.8 Å². The highest BCUT2D eigenvalue weighted by molar-refractivity contribution is 6.08. The molecular weight excluding hydrogens is 420 g/mol. The molecule has 0 radical (unpaired) electrons. The number of para-hydroxylation sites is 2. The standard InChI is InChI=1S/C29H30N4O/c1-3-33-27-11-7-5-9-22(27)23-16-20(13-15-28(23)33)18-31-19(2)12-14-26-24(29(30)34)17-21-8-4-6-10-25(21)32-26/h4-11,13,15-17,19,31H,3,12,14,18H2,1-2H3,(H2,30,34). The van der Waals surface area contributed by atoms with E-state index < -0.39 is 5.91 Å². The van der Waals surface area contributed by atoms with E-state index in [1.54, 1.807) is 0 Å². The van der Waals surface area contributed by atoms with Gasteiger partial charge in [0.1, 0.15) is 0 Å². The molecule has 5 heteroatoms. The first-order valence-electron chi connectivity index (χ1n) is 12.0. The highest BCUT2D eigenvalue weighted by Crippen LogP contribution is 2.29. The molecule has 0 fully saturated rings. The van der Waals surface area contributed by atoms with Gasteiger partial charge in [-0.15, -0.1) is 0 Å². The van der Waals surface area contributed by atoms with E-state index in [-0.39, 0.29) is 6.04 Å². The fourth-order valence-electron chi connectivity index (χ4n) is 4.86. The second kappa shape index (κ2) is 9.27. The van der Waals surface area contributed by atoms with Crippen LogP contribution in [0.2, 0.25) is 0 Å². The molecule has 2 heterocycles. The third-order valence-electron chi connectivity index (χ3n) is 6.69. The van der Waals surface area contributed by atoms with Crippen LogP contribution >= 0.6 is 0 Å². The SMILES string of the molecule is CCn1c2ccccc2c2cc(CNC(C)CCc3nc4ccccc4cc3C(N)=O)ccc21. The van der Waals surface area contributed by atoms with Gasteiger partial charge in [-0.25, -0.2) is 0 Å². The minimum Gasteiger partial charge on any atom is -0.366 e. The average molecular weight is 451 g/mol. The van der Waals surface area contributed by atoms with Gasteiger partial charge in [0.2, 0.25) is 0 Å². The number of fused-ring (bicyclic) bond motifs is 4. The van der Waals surface area contributed by atoms with Crippen LogP contribution in [0.3, 0.4) is 0 Å². The molecule has 0 aliphatic carbocycles. The van der Waals surface area contributed by atoms with Crippen molar-refractivity contribution in [3.63, 3.8) is 0 Å². The number of benzene rings is 3. The van der Waals surface area contributed by atoms with Gasteiger partial charge in [-0.1, -0.05) is 42.5 Å². The third-order valence-corrected chi connectivity index (χ3v) is 6.69. The Morgan fingerprint density at radius 2 is 1.76 bits per heavy atom. The number of aryl methyl sites for hydroxylation is 2.